The number of unbranched alkanes of at least 4 members (excludes halogenated alkanes) is 7. The van der Waals surface area contributed by atoms with E-state index in [4.69, 9.17) is 22.9 Å². The molecule has 0 aliphatic rings. The molecule has 0 fully saturated rings. The average molecular weight is 751 g/mol. The largest absolute Gasteiger partial charge is 0.370 e. The summed E-state index contributed by atoms with van der Waals surface area (Å²) in [5.74, 6) is -1.08. The van der Waals surface area contributed by atoms with Crippen molar-refractivity contribution in [3.63, 3.8) is 0 Å². The summed E-state index contributed by atoms with van der Waals surface area (Å²) in [6.07, 6.45) is 9.76. The number of hydrogen-bond acceptors (Lipinski definition) is 6. The molecule has 54 heavy (non-hydrogen) atoms. The Hall–Kier alpha value is -4.88. The van der Waals surface area contributed by atoms with E-state index in [1.807, 2.05) is 50.2 Å². The molecular weight excluding hydrogens is 685 g/mol. The minimum absolute atomic E-state index is 0.0264. The van der Waals surface area contributed by atoms with Crippen molar-refractivity contribution in [1.82, 2.24) is 20.9 Å². The Kier molecular flexibility index (Phi) is 21.8. The first kappa shape index (κ1) is 45.3. The lowest BCUT2D eigenvalue weighted by molar-refractivity contribution is -0.130. The van der Waals surface area contributed by atoms with Crippen LogP contribution in [0.1, 0.15) is 115 Å². The molecule has 2 rings (SSSR count). The highest BCUT2D eigenvalue weighted by atomic mass is 16.2. The molecular formula is C40H66N10O4. The van der Waals surface area contributed by atoms with Gasteiger partial charge in [-0.25, -0.2) is 0 Å². The summed E-state index contributed by atoms with van der Waals surface area (Å²) in [6, 6.07) is 11.9. The Morgan fingerprint density at radius 2 is 1.33 bits per heavy atom. The van der Waals surface area contributed by atoms with Crippen LogP contribution in [0.25, 0.3) is 10.8 Å². The predicted molar refractivity (Wildman–Crippen MR) is 219 cm³/mol. The van der Waals surface area contributed by atoms with Gasteiger partial charge in [0.25, 0.3) is 5.91 Å². The van der Waals surface area contributed by atoms with Crippen molar-refractivity contribution in [3.8, 4) is 0 Å². The van der Waals surface area contributed by atoms with Gasteiger partial charge in [0.1, 0.15) is 12.6 Å². The van der Waals surface area contributed by atoms with Crippen LogP contribution in [0.3, 0.4) is 0 Å². The van der Waals surface area contributed by atoms with Crippen LogP contribution >= 0.6 is 0 Å². The van der Waals surface area contributed by atoms with Crippen molar-refractivity contribution in [2.45, 2.75) is 116 Å². The van der Waals surface area contributed by atoms with Gasteiger partial charge >= 0.3 is 0 Å². The molecule has 4 amide bonds. The molecule has 2 aromatic carbocycles. The Morgan fingerprint density at radius 1 is 0.722 bits per heavy atom. The number of nitrogens with zero attached hydrogens (tertiary/aromatic N) is 3. The van der Waals surface area contributed by atoms with Gasteiger partial charge in [-0.3, -0.25) is 29.2 Å². The predicted octanol–water partition coefficient (Wildman–Crippen LogP) is 3.66. The molecule has 300 valence electrons. The molecule has 0 saturated heterocycles. The summed E-state index contributed by atoms with van der Waals surface area (Å²) in [5, 5.41) is 10.7. The number of fused-ring (bicyclic) bond motifs is 1. The van der Waals surface area contributed by atoms with Crippen molar-refractivity contribution < 1.29 is 19.2 Å². The standard InChI is InChI=1S/C40H66N10O4/c1-4-5-6-7-9-18-33(27-35(51)45-21-12-8-13-23-47-39(41)42)50(38(54)32-20-19-30-16-10-11-17-31(30)26-32)28-36(52)49-34(25-29(2)3)37(53)46-22-14-15-24-48-40(43)44/h10-11,16-17,19-20,26,29,33-34H,4-9,12-15,18,21-25,27-28H2,1-3H3,(H,45,51)(H,46,53)(H,49,52)(H4,41,42,47)(H4,43,44,48)/t33?,34-/m0/s1. The van der Waals surface area contributed by atoms with Crippen molar-refractivity contribution in [3.05, 3.63) is 48.0 Å². The number of aliphatic imine (C=N–C) groups is 2. The number of amides is 4. The molecule has 11 N–H and O–H groups in total. The Morgan fingerprint density at radius 3 is 2.00 bits per heavy atom. The number of carbonyl (C=O) groups is 4. The fourth-order valence-electron chi connectivity index (χ4n) is 6.22. The van der Waals surface area contributed by atoms with E-state index < -0.39 is 18.0 Å². The zero-order valence-electron chi connectivity index (χ0n) is 32.8. The molecule has 2 aromatic rings. The molecule has 0 radical (unpaired) electrons. The van der Waals surface area contributed by atoms with E-state index >= 15 is 0 Å². The minimum atomic E-state index is -0.796. The lowest BCUT2D eigenvalue weighted by Gasteiger charge is -2.32. The number of nitrogens with two attached hydrogens (primary N) is 4. The number of benzene rings is 2. The highest BCUT2D eigenvalue weighted by Crippen LogP contribution is 2.22. The summed E-state index contributed by atoms with van der Waals surface area (Å²) < 4.78 is 0. The van der Waals surface area contributed by atoms with Crippen LogP contribution in [-0.4, -0.2) is 85.3 Å². The molecule has 0 aliphatic heterocycles. The second-order valence-corrected chi connectivity index (χ2v) is 14.3. The maximum Gasteiger partial charge on any atom is 0.254 e. The lowest BCUT2D eigenvalue weighted by Crippen LogP contribution is -2.53. The normalized spacial score (nSPS) is 12.1. The molecule has 1 unspecified atom stereocenters. The highest BCUT2D eigenvalue weighted by Gasteiger charge is 2.30. The van der Waals surface area contributed by atoms with Gasteiger partial charge in [0.2, 0.25) is 17.7 Å². The van der Waals surface area contributed by atoms with Gasteiger partial charge in [-0.05, 0) is 73.8 Å². The highest BCUT2D eigenvalue weighted by molar-refractivity contribution is 6.01. The van der Waals surface area contributed by atoms with E-state index in [0.29, 0.717) is 57.4 Å². The minimum Gasteiger partial charge on any atom is -0.370 e. The van der Waals surface area contributed by atoms with Gasteiger partial charge in [-0.15, -0.1) is 0 Å². The molecule has 0 bridgehead atoms. The van der Waals surface area contributed by atoms with Gasteiger partial charge < -0.3 is 43.8 Å². The van der Waals surface area contributed by atoms with Crippen LogP contribution < -0.4 is 38.9 Å². The number of hydrogen-bond donors (Lipinski definition) is 7. The van der Waals surface area contributed by atoms with E-state index in [1.54, 1.807) is 6.07 Å². The monoisotopic (exact) mass is 751 g/mol. The summed E-state index contributed by atoms with van der Waals surface area (Å²) in [5.41, 5.74) is 22.0. The second kappa shape index (κ2) is 26.0. The molecule has 14 nitrogen and oxygen atoms in total. The fraction of sp³-hybridized carbons (Fsp3) is 0.600. The van der Waals surface area contributed by atoms with Gasteiger partial charge in [0.15, 0.2) is 11.9 Å². The fourth-order valence-corrected chi connectivity index (χ4v) is 6.22. The third-order valence-electron chi connectivity index (χ3n) is 9.06. The Labute approximate surface area is 321 Å². The maximum absolute atomic E-state index is 14.4. The topological polar surface area (TPSA) is 236 Å². The van der Waals surface area contributed by atoms with Crippen LogP contribution in [0.5, 0.6) is 0 Å². The van der Waals surface area contributed by atoms with Gasteiger partial charge in [-0.1, -0.05) is 83.2 Å². The third-order valence-corrected chi connectivity index (χ3v) is 9.06. The van der Waals surface area contributed by atoms with Crippen LogP contribution in [0.15, 0.2) is 52.4 Å². The van der Waals surface area contributed by atoms with Crippen LogP contribution in [0.4, 0.5) is 0 Å². The van der Waals surface area contributed by atoms with Crippen LogP contribution in [-0.2, 0) is 14.4 Å². The smallest absolute Gasteiger partial charge is 0.254 e. The zero-order chi connectivity index (χ0) is 39.7. The van der Waals surface area contributed by atoms with Gasteiger partial charge in [-0.2, -0.15) is 0 Å². The van der Waals surface area contributed by atoms with Gasteiger partial charge in [0.05, 0.1) is 0 Å². The first-order chi connectivity index (χ1) is 25.9. The second-order valence-electron chi connectivity index (χ2n) is 14.3. The number of nitrogens with one attached hydrogen (secondary N) is 3. The number of carbonyl (C=O) groups excluding carboxylic acids is 4. The van der Waals surface area contributed by atoms with E-state index in [-0.39, 0.29) is 48.5 Å². The zero-order valence-corrected chi connectivity index (χ0v) is 32.8. The van der Waals surface area contributed by atoms with Crippen LogP contribution in [0.2, 0.25) is 0 Å². The first-order valence-electron chi connectivity index (χ1n) is 19.7. The molecule has 0 spiro atoms. The molecule has 14 heteroatoms. The van der Waals surface area contributed by atoms with Crippen LogP contribution in [0, 0.1) is 5.92 Å². The van der Waals surface area contributed by atoms with E-state index in [0.717, 1.165) is 62.1 Å². The number of rotatable bonds is 27. The first-order valence-corrected chi connectivity index (χ1v) is 19.7. The third kappa shape index (κ3) is 18.7. The summed E-state index contributed by atoms with van der Waals surface area (Å²) >= 11 is 0. The quantitative estimate of drug-likeness (QED) is 0.0403. The van der Waals surface area contributed by atoms with Crippen molar-refractivity contribution in [2.24, 2.45) is 38.8 Å². The van der Waals surface area contributed by atoms with E-state index in [9.17, 15) is 19.2 Å². The summed E-state index contributed by atoms with van der Waals surface area (Å²) in [4.78, 5) is 64.5. The lowest BCUT2D eigenvalue weighted by atomic mass is 9.99. The molecule has 2 atom stereocenters. The molecule has 0 saturated carbocycles. The maximum atomic E-state index is 14.4. The summed E-state index contributed by atoms with van der Waals surface area (Å²) in [6.45, 7) is 7.68. The Bertz CT molecular complexity index is 1500. The number of guanidine groups is 2. The average Bonchev–Trinajstić information content (AvgIpc) is 3.13. The molecule has 0 aliphatic carbocycles. The van der Waals surface area contributed by atoms with Crippen molar-refractivity contribution in [1.29, 1.82) is 0 Å². The van der Waals surface area contributed by atoms with E-state index in [1.165, 1.54) is 4.90 Å². The SMILES string of the molecule is CCCCCCCC(CC(=O)NCCCCCN=C(N)N)N(CC(=O)N[C@@H](CC(C)C)C(=O)NCCCCN=C(N)N)C(=O)c1ccc2ccccc2c1. The molecule has 0 heterocycles. The van der Waals surface area contributed by atoms with Crippen molar-refractivity contribution >= 4 is 46.3 Å². The molecule has 0 aromatic heterocycles. The Balaban J connectivity index is 2.29. The van der Waals surface area contributed by atoms with Crippen molar-refractivity contribution in [2.75, 3.05) is 32.7 Å². The van der Waals surface area contributed by atoms with E-state index in [2.05, 4.69) is 32.9 Å². The van der Waals surface area contributed by atoms with Gasteiger partial charge in [0, 0.05) is 44.2 Å². The summed E-state index contributed by atoms with van der Waals surface area (Å²) in [7, 11) is 0.